The molecule has 3 aliphatic rings. The molecule has 1 aromatic heterocycles. The van der Waals surface area contributed by atoms with E-state index in [-0.39, 0.29) is 0 Å². The van der Waals surface area contributed by atoms with Gasteiger partial charge < -0.3 is 21.3 Å². The van der Waals surface area contributed by atoms with Crippen LogP contribution in [-0.4, -0.2) is 71.7 Å². The zero-order valence-electron chi connectivity index (χ0n) is 15.8. The lowest BCUT2D eigenvalue weighted by Crippen LogP contribution is -2.45. The van der Waals surface area contributed by atoms with Crippen LogP contribution in [0.4, 0.5) is 17.8 Å². The molecule has 0 aromatic carbocycles. The first kappa shape index (κ1) is 17.7. The van der Waals surface area contributed by atoms with Crippen LogP contribution in [0.15, 0.2) is 0 Å². The van der Waals surface area contributed by atoms with Crippen LogP contribution in [0.3, 0.4) is 0 Å². The molecule has 8 nitrogen and oxygen atoms in total. The van der Waals surface area contributed by atoms with Crippen LogP contribution < -0.4 is 21.3 Å². The molecule has 2 aliphatic carbocycles. The number of anilines is 3. The molecule has 1 saturated heterocycles. The van der Waals surface area contributed by atoms with Crippen LogP contribution in [0.1, 0.15) is 32.6 Å². The van der Waals surface area contributed by atoms with Crippen LogP contribution in [0.5, 0.6) is 0 Å². The van der Waals surface area contributed by atoms with Crippen LogP contribution >= 0.6 is 0 Å². The predicted octanol–water partition coefficient (Wildman–Crippen LogP) is 1.22. The second-order valence-electron chi connectivity index (χ2n) is 7.78. The van der Waals surface area contributed by atoms with E-state index in [2.05, 4.69) is 48.0 Å². The van der Waals surface area contributed by atoms with Gasteiger partial charge in [-0.05, 0) is 38.0 Å². The number of nitrogens with one attached hydrogen (secondary N) is 4. The molecule has 8 heteroatoms. The number of rotatable bonds is 8. The van der Waals surface area contributed by atoms with Crippen molar-refractivity contribution < 1.29 is 0 Å². The molecule has 1 aliphatic heterocycles. The van der Waals surface area contributed by atoms with E-state index in [4.69, 9.17) is 0 Å². The van der Waals surface area contributed by atoms with E-state index < -0.39 is 0 Å². The van der Waals surface area contributed by atoms with Gasteiger partial charge in [-0.25, -0.2) is 0 Å². The molecule has 0 amide bonds. The van der Waals surface area contributed by atoms with Gasteiger partial charge in [-0.3, -0.25) is 4.90 Å². The largest absolute Gasteiger partial charge is 0.354 e. The van der Waals surface area contributed by atoms with Gasteiger partial charge in [0.2, 0.25) is 17.8 Å². The van der Waals surface area contributed by atoms with Gasteiger partial charge >= 0.3 is 0 Å². The highest BCUT2D eigenvalue weighted by molar-refractivity contribution is 5.43. The summed E-state index contributed by atoms with van der Waals surface area (Å²) in [4.78, 5) is 16.2. The van der Waals surface area contributed by atoms with E-state index in [1.54, 1.807) is 0 Å². The SMILES string of the molecule is CCNc1nc(NCCN2CCNCC2)nc(NC2CC3CCC2C3)n1. The Morgan fingerprint density at radius 3 is 2.46 bits per heavy atom. The summed E-state index contributed by atoms with van der Waals surface area (Å²) in [6.45, 7) is 9.10. The van der Waals surface area contributed by atoms with Gasteiger partial charge in [-0.2, -0.15) is 15.0 Å². The summed E-state index contributed by atoms with van der Waals surface area (Å²) in [7, 11) is 0. The predicted molar refractivity (Wildman–Crippen MR) is 105 cm³/mol. The summed E-state index contributed by atoms with van der Waals surface area (Å²) in [6, 6.07) is 0.527. The quantitative estimate of drug-likeness (QED) is 0.550. The summed E-state index contributed by atoms with van der Waals surface area (Å²) in [5, 5.41) is 13.6. The summed E-state index contributed by atoms with van der Waals surface area (Å²) in [5.41, 5.74) is 0. The molecule has 3 fully saturated rings. The molecule has 2 saturated carbocycles. The molecule has 4 N–H and O–H groups in total. The Balaban J connectivity index is 1.36. The minimum absolute atomic E-state index is 0.527. The maximum atomic E-state index is 4.63. The Kier molecular flexibility index (Phi) is 5.69. The van der Waals surface area contributed by atoms with E-state index in [1.807, 2.05) is 0 Å². The number of piperazine rings is 1. The minimum Gasteiger partial charge on any atom is -0.354 e. The maximum Gasteiger partial charge on any atom is 0.229 e. The molecule has 26 heavy (non-hydrogen) atoms. The van der Waals surface area contributed by atoms with Crippen LogP contribution in [-0.2, 0) is 0 Å². The first-order valence-electron chi connectivity index (χ1n) is 10.2. The zero-order chi connectivity index (χ0) is 17.8. The molecule has 144 valence electrons. The van der Waals surface area contributed by atoms with Crippen molar-refractivity contribution in [3.63, 3.8) is 0 Å². The lowest BCUT2D eigenvalue weighted by molar-refractivity contribution is 0.249. The fourth-order valence-electron chi connectivity index (χ4n) is 4.60. The fraction of sp³-hybridized carbons (Fsp3) is 0.833. The van der Waals surface area contributed by atoms with Gasteiger partial charge in [0.05, 0.1) is 0 Å². The van der Waals surface area contributed by atoms with Crippen molar-refractivity contribution in [3.05, 3.63) is 0 Å². The molecule has 3 unspecified atom stereocenters. The number of fused-ring (bicyclic) bond motifs is 2. The smallest absolute Gasteiger partial charge is 0.229 e. The third kappa shape index (κ3) is 4.35. The van der Waals surface area contributed by atoms with E-state index in [9.17, 15) is 0 Å². The monoisotopic (exact) mass is 360 g/mol. The summed E-state index contributed by atoms with van der Waals surface area (Å²) < 4.78 is 0. The molecule has 0 radical (unpaired) electrons. The van der Waals surface area contributed by atoms with E-state index in [0.29, 0.717) is 23.9 Å². The Bertz CT molecular complexity index is 589. The zero-order valence-corrected chi connectivity index (χ0v) is 15.8. The standard InChI is InChI=1S/C18H32N8/c1-2-20-16-23-17(21-7-10-26-8-5-19-6-9-26)25-18(24-16)22-15-12-13-3-4-14(15)11-13/h13-15,19H,2-12H2,1H3,(H3,20,21,22,23,24,25). The minimum atomic E-state index is 0.527. The van der Waals surface area contributed by atoms with Crippen LogP contribution in [0.25, 0.3) is 0 Å². The molecular weight excluding hydrogens is 328 g/mol. The second kappa shape index (κ2) is 8.35. The van der Waals surface area contributed by atoms with Crippen molar-refractivity contribution in [1.82, 2.24) is 25.2 Å². The Morgan fingerprint density at radius 1 is 1.00 bits per heavy atom. The Morgan fingerprint density at radius 2 is 1.77 bits per heavy atom. The van der Waals surface area contributed by atoms with Crippen molar-refractivity contribution in [2.24, 2.45) is 11.8 Å². The van der Waals surface area contributed by atoms with Crippen molar-refractivity contribution in [1.29, 1.82) is 0 Å². The lowest BCUT2D eigenvalue weighted by atomic mass is 9.95. The van der Waals surface area contributed by atoms with Gasteiger partial charge in [-0.1, -0.05) is 6.42 Å². The van der Waals surface area contributed by atoms with Gasteiger partial charge in [-0.15, -0.1) is 0 Å². The second-order valence-corrected chi connectivity index (χ2v) is 7.78. The van der Waals surface area contributed by atoms with Gasteiger partial charge in [0.15, 0.2) is 0 Å². The highest BCUT2D eigenvalue weighted by Crippen LogP contribution is 2.45. The summed E-state index contributed by atoms with van der Waals surface area (Å²) >= 11 is 0. The molecule has 2 bridgehead atoms. The van der Waals surface area contributed by atoms with Gasteiger partial charge in [0.25, 0.3) is 0 Å². The van der Waals surface area contributed by atoms with Crippen molar-refractivity contribution in [2.45, 2.75) is 38.6 Å². The molecular formula is C18H32N8. The summed E-state index contributed by atoms with van der Waals surface area (Å²) in [5.74, 6) is 3.72. The number of hydrogen-bond donors (Lipinski definition) is 4. The van der Waals surface area contributed by atoms with Gasteiger partial charge in [0.1, 0.15) is 0 Å². The molecule has 3 atom stereocenters. The summed E-state index contributed by atoms with van der Waals surface area (Å²) in [6.07, 6.45) is 5.39. The van der Waals surface area contributed by atoms with Crippen molar-refractivity contribution in [2.75, 3.05) is 61.8 Å². The fourth-order valence-corrected chi connectivity index (χ4v) is 4.60. The highest BCUT2D eigenvalue weighted by atomic mass is 15.3. The van der Waals surface area contributed by atoms with E-state index >= 15 is 0 Å². The lowest BCUT2D eigenvalue weighted by Gasteiger charge is -2.27. The van der Waals surface area contributed by atoms with Gasteiger partial charge in [0, 0.05) is 51.9 Å². The number of nitrogens with zero attached hydrogens (tertiary/aromatic N) is 4. The van der Waals surface area contributed by atoms with E-state index in [1.165, 1.54) is 25.7 Å². The van der Waals surface area contributed by atoms with Crippen LogP contribution in [0, 0.1) is 11.8 Å². The molecule has 4 rings (SSSR count). The van der Waals surface area contributed by atoms with Crippen molar-refractivity contribution >= 4 is 17.8 Å². The number of aromatic nitrogens is 3. The Hall–Kier alpha value is -1.67. The first-order valence-corrected chi connectivity index (χ1v) is 10.2. The molecule has 1 aromatic rings. The Labute approximate surface area is 156 Å². The third-order valence-corrected chi connectivity index (χ3v) is 5.94. The average Bonchev–Trinajstić information content (AvgIpc) is 3.26. The molecule has 2 heterocycles. The van der Waals surface area contributed by atoms with Crippen molar-refractivity contribution in [3.8, 4) is 0 Å². The van der Waals surface area contributed by atoms with Crippen LogP contribution in [0.2, 0.25) is 0 Å². The normalized spacial score (nSPS) is 28.3. The average molecular weight is 361 g/mol. The number of hydrogen-bond acceptors (Lipinski definition) is 8. The highest BCUT2D eigenvalue weighted by Gasteiger charge is 2.39. The molecule has 0 spiro atoms. The third-order valence-electron chi connectivity index (χ3n) is 5.94. The maximum absolute atomic E-state index is 4.63. The first-order chi connectivity index (χ1) is 12.8. The van der Waals surface area contributed by atoms with E-state index in [0.717, 1.165) is 57.6 Å². The topological polar surface area (TPSA) is 90.0 Å².